The Bertz CT molecular complexity index is 1220. The molecule has 3 aliphatic rings. The van der Waals surface area contributed by atoms with E-state index in [4.69, 9.17) is 9.73 Å². The van der Waals surface area contributed by atoms with Crippen LogP contribution in [0.15, 0.2) is 65.8 Å². The molecule has 2 aromatic carbocycles. The number of aryl methyl sites for hydroxylation is 1. The number of rotatable bonds is 5. The van der Waals surface area contributed by atoms with Crippen LogP contribution in [0.3, 0.4) is 0 Å². The Morgan fingerprint density at radius 1 is 1.09 bits per heavy atom. The Kier molecular flexibility index (Phi) is 5.31. The molecular formula is C25H25N5O4. The zero-order valence-corrected chi connectivity index (χ0v) is 19.2. The van der Waals surface area contributed by atoms with Crippen LogP contribution >= 0.6 is 0 Å². The number of fused-ring (bicyclic) bond motifs is 3. The number of carbonyl (C=O) groups is 3. The lowest BCUT2D eigenvalue weighted by molar-refractivity contribution is -0.150. The molecule has 1 saturated heterocycles. The van der Waals surface area contributed by atoms with E-state index in [0.717, 1.165) is 27.4 Å². The summed E-state index contributed by atoms with van der Waals surface area (Å²) in [6, 6.07) is 16.5. The minimum absolute atomic E-state index is 0.172. The quantitative estimate of drug-likeness (QED) is 0.639. The fourth-order valence-electron chi connectivity index (χ4n) is 4.55. The molecule has 3 heterocycles. The number of imide groups is 1. The number of hydrogen-bond donors (Lipinski definition) is 0. The monoisotopic (exact) mass is 459 g/mol. The zero-order chi connectivity index (χ0) is 24.0. The van der Waals surface area contributed by atoms with E-state index in [0.29, 0.717) is 5.96 Å². The summed E-state index contributed by atoms with van der Waals surface area (Å²) >= 11 is 0. The molecule has 0 aliphatic carbocycles. The number of urea groups is 1. The lowest BCUT2D eigenvalue weighted by atomic mass is 10.1. The van der Waals surface area contributed by atoms with Crippen molar-refractivity contribution < 1.29 is 19.1 Å². The molecule has 2 unspecified atom stereocenters. The maximum Gasteiger partial charge on any atom is 0.328 e. The highest BCUT2D eigenvalue weighted by Gasteiger charge is 2.55. The third kappa shape index (κ3) is 3.40. The summed E-state index contributed by atoms with van der Waals surface area (Å²) in [5, 5.41) is 0. The van der Waals surface area contributed by atoms with Crippen molar-refractivity contribution in [1.29, 1.82) is 0 Å². The lowest BCUT2D eigenvalue weighted by Gasteiger charge is -2.39. The van der Waals surface area contributed by atoms with Crippen LogP contribution in [-0.2, 0) is 14.3 Å². The Hall–Kier alpha value is -4.14. The van der Waals surface area contributed by atoms with Gasteiger partial charge in [0, 0.05) is 24.5 Å². The van der Waals surface area contributed by atoms with Crippen LogP contribution in [0, 0.1) is 6.92 Å². The van der Waals surface area contributed by atoms with Gasteiger partial charge in [-0.3, -0.25) is 24.3 Å². The summed E-state index contributed by atoms with van der Waals surface area (Å²) in [6.45, 7) is 3.43. The zero-order valence-electron chi connectivity index (χ0n) is 19.2. The maximum absolute atomic E-state index is 13.5. The number of aliphatic imine (C=N–C) groups is 1. The summed E-state index contributed by atoms with van der Waals surface area (Å²) in [7, 11) is 1.59. The first kappa shape index (κ1) is 21.7. The number of hydrogen-bond acceptors (Lipinski definition) is 7. The van der Waals surface area contributed by atoms with Crippen LogP contribution in [0.1, 0.15) is 18.1 Å². The number of esters is 1. The molecule has 2 aromatic rings. The van der Waals surface area contributed by atoms with E-state index in [2.05, 4.69) is 6.07 Å². The highest BCUT2D eigenvalue weighted by Crippen LogP contribution is 2.40. The molecule has 9 heteroatoms. The number of likely N-dealkylation sites (N-methyl/N-ethyl adjacent to an activating group) is 1. The smallest absolute Gasteiger partial charge is 0.328 e. The van der Waals surface area contributed by atoms with Crippen molar-refractivity contribution in [1.82, 2.24) is 14.7 Å². The fourth-order valence-corrected chi connectivity index (χ4v) is 4.55. The van der Waals surface area contributed by atoms with Crippen LogP contribution < -0.4 is 4.90 Å². The van der Waals surface area contributed by atoms with Crippen molar-refractivity contribution in [2.75, 3.05) is 25.1 Å². The second-order valence-electron chi connectivity index (χ2n) is 8.37. The van der Waals surface area contributed by atoms with E-state index >= 15 is 0 Å². The third-order valence-corrected chi connectivity index (χ3v) is 6.13. The predicted molar refractivity (Wildman–Crippen MR) is 126 cm³/mol. The molecule has 5 rings (SSSR count). The first-order valence-electron chi connectivity index (χ1n) is 11.1. The molecule has 174 valence electrons. The van der Waals surface area contributed by atoms with E-state index in [1.165, 1.54) is 4.90 Å². The summed E-state index contributed by atoms with van der Waals surface area (Å²) in [6.07, 6.45) is 1.19. The fraction of sp³-hybridized carbons (Fsp3) is 0.280. The molecule has 0 N–H and O–H groups in total. The first-order valence-corrected chi connectivity index (χ1v) is 11.1. The van der Waals surface area contributed by atoms with Crippen LogP contribution in [0.2, 0.25) is 0 Å². The van der Waals surface area contributed by atoms with E-state index in [1.807, 2.05) is 66.6 Å². The molecule has 2 atom stereocenters. The van der Waals surface area contributed by atoms with E-state index < -0.39 is 36.7 Å². The van der Waals surface area contributed by atoms with Crippen molar-refractivity contribution in [3.8, 4) is 0 Å². The number of anilines is 1. The molecule has 0 aromatic heterocycles. The minimum Gasteiger partial charge on any atom is -0.465 e. The number of carbonyl (C=O) groups excluding carboxylic acids is 3. The number of amides is 3. The Morgan fingerprint density at radius 3 is 2.56 bits per heavy atom. The normalized spacial score (nSPS) is 21.4. The average Bonchev–Trinajstić information content (AvgIpc) is 3.38. The van der Waals surface area contributed by atoms with Gasteiger partial charge in [-0.25, -0.2) is 9.79 Å². The largest absolute Gasteiger partial charge is 0.465 e. The van der Waals surface area contributed by atoms with Crippen molar-refractivity contribution in [3.05, 3.63) is 71.9 Å². The Labute approximate surface area is 197 Å². The van der Waals surface area contributed by atoms with Gasteiger partial charge in [0.05, 0.1) is 12.3 Å². The summed E-state index contributed by atoms with van der Waals surface area (Å²) in [5.74, 6) is -0.543. The minimum atomic E-state index is -0.777. The molecule has 3 aliphatic heterocycles. The number of ether oxygens (including phenoxy) is 1. The molecular weight excluding hydrogens is 434 g/mol. The van der Waals surface area contributed by atoms with Gasteiger partial charge in [0.15, 0.2) is 12.2 Å². The summed E-state index contributed by atoms with van der Waals surface area (Å²) < 4.78 is 4.97. The molecule has 34 heavy (non-hydrogen) atoms. The van der Waals surface area contributed by atoms with Crippen LogP contribution in [0.4, 0.5) is 10.5 Å². The highest BCUT2D eigenvalue weighted by atomic mass is 16.5. The lowest BCUT2D eigenvalue weighted by Crippen LogP contribution is -2.65. The molecule has 0 radical (unpaired) electrons. The standard InChI is InChI=1S/C25H25N5O4/c1-4-34-20(31)15-29-23(32)21-22(27(3)25(29)33)26-24-28(21)14-19(17-10-6-5-7-11-17)30(24)18-12-8-9-16(2)13-18/h5-14,21-22H,4,15H2,1-3H3. The second-order valence-corrected chi connectivity index (χ2v) is 8.37. The van der Waals surface area contributed by atoms with E-state index in [-0.39, 0.29) is 6.61 Å². The van der Waals surface area contributed by atoms with Gasteiger partial charge in [-0.2, -0.15) is 0 Å². The Balaban J connectivity index is 1.57. The first-order chi connectivity index (χ1) is 16.4. The molecule has 9 nitrogen and oxygen atoms in total. The summed E-state index contributed by atoms with van der Waals surface area (Å²) in [5.41, 5.74) is 3.82. The van der Waals surface area contributed by atoms with Crippen LogP contribution in [-0.4, -0.2) is 71.0 Å². The van der Waals surface area contributed by atoms with Gasteiger partial charge in [0.2, 0.25) is 5.96 Å². The second kappa shape index (κ2) is 8.33. The maximum atomic E-state index is 13.5. The number of nitrogens with zero attached hydrogens (tertiary/aromatic N) is 5. The van der Waals surface area contributed by atoms with Crippen LogP contribution in [0.25, 0.3) is 5.70 Å². The third-order valence-electron chi connectivity index (χ3n) is 6.13. The molecule has 0 bridgehead atoms. The van der Waals surface area contributed by atoms with Gasteiger partial charge < -0.3 is 9.64 Å². The Morgan fingerprint density at radius 2 is 1.85 bits per heavy atom. The number of benzene rings is 2. The molecule has 0 saturated carbocycles. The summed E-state index contributed by atoms with van der Waals surface area (Å²) in [4.78, 5) is 49.5. The highest BCUT2D eigenvalue weighted by molar-refractivity contribution is 6.16. The van der Waals surface area contributed by atoms with E-state index in [9.17, 15) is 14.4 Å². The van der Waals surface area contributed by atoms with Crippen molar-refractivity contribution >= 4 is 35.3 Å². The van der Waals surface area contributed by atoms with Crippen molar-refractivity contribution in [2.45, 2.75) is 26.1 Å². The SMILES string of the molecule is CCOC(=O)CN1C(=O)C2C(N=C3N(c4cccc(C)c4)C(c4ccccc4)=CN32)N(C)C1=O. The van der Waals surface area contributed by atoms with Gasteiger partial charge >= 0.3 is 12.0 Å². The van der Waals surface area contributed by atoms with E-state index in [1.54, 1.807) is 18.9 Å². The van der Waals surface area contributed by atoms with Crippen molar-refractivity contribution in [3.63, 3.8) is 0 Å². The molecule has 0 spiro atoms. The van der Waals surface area contributed by atoms with Gasteiger partial charge in [0.25, 0.3) is 5.91 Å². The molecule has 1 fully saturated rings. The number of guanidine groups is 1. The average molecular weight is 460 g/mol. The van der Waals surface area contributed by atoms with Gasteiger partial charge in [0.1, 0.15) is 6.54 Å². The van der Waals surface area contributed by atoms with Crippen molar-refractivity contribution in [2.24, 2.45) is 4.99 Å². The van der Waals surface area contributed by atoms with Gasteiger partial charge in [-0.05, 0) is 31.5 Å². The molecule has 3 amide bonds. The van der Waals surface area contributed by atoms with Gasteiger partial charge in [-0.15, -0.1) is 0 Å². The van der Waals surface area contributed by atoms with Gasteiger partial charge in [-0.1, -0.05) is 42.5 Å². The predicted octanol–water partition coefficient (Wildman–Crippen LogP) is 2.64. The topological polar surface area (TPSA) is 85.8 Å². The van der Waals surface area contributed by atoms with Crippen LogP contribution in [0.5, 0.6) is 0 Å².